The zero-order chi connectivity index (χ0) is 20.2. The summed E-state index contributed by atoms with van der Waals surface area (Å²) in [6.45, 7) is 3.54. The molecule has 2 atom stereocenters. The van der Waals surface area contributed by atoms with Crippen LogP contribution in [-0.2, 0) is 9.59 Å². The number of hydrogen-bond acceptors (Lipinski definition) is 5. The Hall–Kier alpha value is -2.96. The van der Waals surface area contributed by atoms with E-state index in [4.69, 9.17) is 0 Å². The molecule has 7 nitrogen and oxygen atoms in total. The molecule has 7 heteroatoms. The van der Waals surface area contributed by atoms with Gasteiger partial charge in [-0.2, -0.15) is 0 Å². The second kappa shape index (κ2) is 8.59. The van der Waals surface area contributed by atoms with E-state index in [-0.39, 0.29) is 29.7 Å². The van der Waals surface area contributed by atoms with Crippen molar-refractivity contribution in [2.75, 3.05) is 23.3 Å². The third-order valence-electron chi connectivity index (χ3n) is 5.65. The van der Waals surface area contributed by atoms with E-state index in [1.165, 1.54) is 0 Å². The second-order valence-electron chi connectivity index (χ2n) is 7.96. The van der Waals surface area contributed by atoms with Crippen molar-refractivity contribution < 1.29 is 9.59 Å². The summed E-state index contributed by atoms with van der Waals surface area (Å²) >= 11 is 0. The second-order valence-corrected chi connectivity index (χ2v) is 7.96. The molecule has 2 fully saturated rings. The van der Waals surface area contributed by atoms with Crippen LogP contribution < -0.4 is 15.5 Å². The number of rotatable bonds is 6. The van der Waals surface area contributed by atoms with Crippen molar-refractivity contribution in [2.24, 2.45) is 11.8 Å². The van der Waals surface area contributed by atoms with Crippen molar-refractivity contribution in [1.82, 2.24) is 15.3 Å². The van der Waals surface area contributed by atoms with Crippen molar-refractivity contribution in [2.45, 2.75) is 38.6 Å². The van der Waals surface area contributed by atoms with Crippen LogP contribution in [0.1, 0.15) is 44.2 Å². The van der Waals surface area contributed by atoms with Gasteiger partial charge in [-0.25, -0.2) is 4.98 Å². The summed E-state index contributed by atoms with van der Waals surface area (Å²) in [7, 11) is 0. The number of carbonyl (C=O) groups is 2. The number of nitrogens with one attached hydrogen (secondary N) is 2. The van der Waals surface area contributed by atoms with Crippen LogP contribution in [0.25, 0.3) is 0 Å². The summed E-state index contributed by atoms with van der Waals surface area (Å²) in [6, 6.07) is 7.62. The Morgan fingerprint density at radius 3 is 2.55 bits per heavy atom. The Morgan fingerprint density at radius 2 is 1.86 bits per heavy atom. The van der Waals surface area contributed by atoms with E-state index in [0.717, 1.165) is 49.3 Å². The van der Waals surface area contributed by atoms with Gasteiger partial charge in [0.05, 0.1) is 18.2 Å². The van der Waals surface area contributed by atoms with Crippen LogP contribution in [-0.4, -0.2) is 34.9 Å². The van der Waals surface area contributed by atoms with Gasteiger partial charge in [0.1, 0.15) is 5.82 Å². The van der Waals surface area contributed by atoms with Gasteiger partial charge < -0.3 is 15.5 Å². The lowest BCUT2D eigenvalue weighted by molar-refractivity contribution is -0.126. The summed E-state index contributed by atoms with van der Waals surface area (Å²) in [6.07, 6.45) is 8.89. The molecule has 1 saturated carbocycles. The number of aromatic nitrogens is 2. The Balaban J connectivity index is 1.32. The molecule has 29 heavy (non-hydrogen) atoms. The molecule has 1 aromatic carbocycles. The normalized spacial score (nSPS) is 20.0. The van der Waals surface area contributed by atoms with Crippen LogP contribution in [0, 0.1) is 11.8 Å². The van der Waals surface area contributed by atoms with Crippen molar-refractivity contribution in [3.63, 3.8) is 0 Å². The van der Waals surface area contributed by atoms with Gasteiger partial charge in [0, 0.05) is 37.1 Å². The highest BCUT2D eigenvalue weighted by Crippen LogP contribution is 2.30. The minimum absolute atomic E-state index is 0.0645. The summed E-state index contributed by atoms with van der Waals surface area (Å²) in [5.74, 6) is 1.11. The molecule has 0 bridgehead atoms. The highest BCUT2D eigenvalue weighted by Gasteiger charge is 2.30. The maximum Gasteiger partial charge on any atom is 0.227 e. The fourth-order valence-electron chi connectivity index (χ4n) is 3.71. The first-order chi connectivity index (χ1) is 14.1. The van der Waals surface area contributed by atoms with Crippen molar-refractivity contribution in [3.8, 4) is 0 Å². The van der Waals surface area contributed by atoms with Gasteiger partial charge in [0.2, 0.25) is 11.8 Å². The maximum atomic E-state index is 12.8. The lowest BCUT2D eigenvalue weighted by Crippen LogP contribution is -2.44. The monoisotopic (exact) mass is 393 g/mol. The first-order valence-corrected chi connectivity index (χ1v) is 10.3. The van der Waals surface area contributed by atoms with Crippen LogP contribution in [0.3, 0.4) is 0 Å². The number of hydrogen-bond donors (Lipinski definition) is 2. The number of nitrogens with zero attached hydrogens (tertiary/aromatic N) is 3. The predicted octanol–water partition coefficient (Wildman–Crippen LogP) is 2.92. The zero-order valence-corrected chi connectivity index (χ0v) is 16.7. The Morgan fingerprint density at radius 1 is 1.07 bits per heavy atom. The highest BCUT2D eigenvalue weighted by atomic mass is 16.2. The molecule has 2 amide bonds. The highest BCUT2D eigenvalue weighted by molar-refractivity contribution is 5.94. The van der Waals surface area contributed by atoms with Crippen LogP contribution >= 0.6 is 0 Å². The van der Waals surface area contributed by atoms with Gasteiger partial charge >= 0.3 is 0 Å². The largest absolute Gasteiger partial charge is 0.355 e. The fraction of sp³-hybridized carbons (Fsp3) is 0.455. The third-order valence-corrected chi connectivity index (χ3v) is 5.65. The molecule has 1 aliphatic carbocycles. The molecular formula is C22H27N5O2. The van der Waals surface area contributed by atoms with E-state index < -0.39 is 0 Å². The molecule has 2 heterocycles. The van der Waals surface area contributed by atoms with E-state index in [2.05, 4.69) is 25.5 Å². The number of benzene rings is 1. The van der Waals surface area contributed by atoms with Gasteiger partial charge in [0.25, 0.3) is 0 Å². The number of anilines is 2. The summed E-state index contributed by atoms with van der Waals surface area (Å²) in [5, 5.41) is 6.08. The number of piperidine rings is 1. The molecule has 2 aromatic rings. The lowest BCUT2D eigenvalue weighted by atomic mass is 9.96. The summed E-state index contributed by atoms with van der Waals surface area (Å²) in [4.78, 5) is 35.3. The average Bonchev–Trinajstić information content (AvgIpc) is 3.60. The number of amides is 2. The quantitative estimate of drug-likeness (QED) is 0.788. The first kappa shape index (κ1) is 19.4. The lowest BCUT2D eigenvalue weighted by Gasteiger charge is -2.33. The van der Waals surface area contributed by atoms with Gasteiger partial charge in [0.15, 0.2) is 0 Å². The first-order valence-electron chi connectivity index (χ1n) is 10.3. The zero-order valence-electron chi connectivity index (χ0n) is 16.7. The molecule has 0 radical (unpaired) electrons. The molecule has 2 aliphatic rings. The van der Waals surface area contributed by atoms with Crippen molar-refractivity contribution >= 4 is 23.3 Å². The molecule has 1 saturated heterocycles. The molecular weight excluding hydrogens is 366 g/mol. The Kier molecular flexibility index (Phi) is 5.74. The average molecular weight is 393 g/mol. The van der Waals surface area contributed by atoms with E-state index in [1.54, 1.807) is 18.6 Å². The molecule has 1 aromatic heterocycles. The maximum absolute atomic E-state index is 12.8. The van der Waals surface area contributed by atoms with Crippen LogP contribution in [0.5, 0.6) is 0 Å². The standard InChI is InChI=1S/C22H27N5O2/c1-15(16-6-8-19(9-7-16)26-21(28)17-4-5-17)25-22(29)18-3-2-12-27(14-18)20-13-23-10-11-24-20/h6-11,13,15,17-18H,2-5,12,14H2,1H3,(H,25,29)(H,26,28). The van der Waals surface area contributed by atoms with Gasteiger partial charge in [-0.15, -0.1) is 0 Å². The van der Waals surface area contributed by atoms with Gasteiger partial charge in [-0.05, 0) is 50.3 Å². The summed E-state index contributed by atoms with van der Waals surface area (Å²) < 4.78 is 0. The predicted molar refractivity (Wildman–Crippen MR) is 111 cm³/mol. The van der Waals surface area contributed by atoms with E-state index in [9.17, 15) is 9.59 Å². The molecule has 0 spiro atoms. The van der Waals surface area contributed by atoms with E-state index >= 15 is 0 Å². The van der Waals surface area contributed by atoms with Crippen molar-refractivity contribution in [1.29, 1.82) is 0 Å². The number of carbonyl (C=O) groups excluding carboxylic acids is 2. The summed E-state index contributed by atoms with van der Waals surface area (Å²) in [5.41, 5.74) is 1.82. The Labute approximate surface area is 170 Å². The van der Waals surface area contributed by atoms with Crippen LogP contribution in [0.4, 0.5) is 11.5 Å². The molecule has 4 rings (SSSR count). The van der Waals surface area contributed by atoms with Crippen LogP contribution in [0.2, 0.25) is 0 Å². The molecule has 2 N–H and O–H groups in total. The minimum atomic E-state index is -0.0948. The molecule has 152 valence electrons. The molecule has 2 unspecified atom stereocenters. The van der Waals surface area contributed by atoms with Gasteiger partial charge in [-0.1, -0.05) is 12.1 Å². The molecule has 1 aliphatic heterocycles. The SMILES string of the molecule is CC(NC(=O)C1CCCN(c2cnccn2)C1)c1ccc(NC(=O)C2CC2)cc1. The van der Waals surface area contributed by atoms with E-state index in [1.807, 2.05) is 31.2 Å². The Bertz CT molecular complexity index is 851. The van der Waals surface area contributed by atoms with Crippen LogP contribution in [0.15, 0.2) is 42.9 Å². The fourth-order valence-corrected chi connectivity index (χ4v) is 3.71. The smallest absolute Gasteiger partial charge is 0.227 e. The van der Waals surface area contributed by atoms with E-state index in [0.29, 0.717) is 6.54 Å². The topological polar surface area (TPSA) is 87.2 Å². The van der Waals surface area contributed by atoms with Gasteiger partial charge in [-0.3, -0.25) is 14.6 Å². The third kappa shape index (κ3) is 4.91. The van der Waals surface area contributed by atoms with Crippen molar-refractivity contribution in [3.05, 3.63) is 48.4 Å². The minimum Gasteiger partial charge on any atom is -0.355 e.